The normalized spacial score (nSPS) is 10.9. The monoisotopic (exact) mass is 234 g/mol. The van der Waals surface area contributed by atoms with Gasteiger partial charge in [-0.05, 0) is 19.5 Å². The Hall–Kier alpha value is -1.62. The average molecular weight is 234 g/mol. The lowest BCUT2D eigenvalue weighted by molar-refractivity contribution is 0.493. The van der Waals surface area contributed by atoms with Gasteiger partial charge in [-0.3, -0.25) is 4.68 Å². The quantitative estimate of drug-likeness (QED) is 0.772. The van der Waals surface area contributed by atoms with Crippen LogP contribution in [-0.2, 0) is 13.5 Å². The summed E-state index contributed by atoms with van der Waals surface area (Å²) in [7, 11) is 1.89. The van der Waals surface area contributed by atoms with Crippen molar-refractivity contribution in [3.05, 3.63) is 24.5 Å². The molecule has 0 saturated heterocycles. The zero-order valence-corrected chi connectivity index (χ0v) is 10.3. The minimum Gasteiger partial charge on any atom is -0.441 e. The molecular weight excluding hydrogens is 216 g/mol. The van der Waals surface area contributed by atoms with E-state index in [4.69, 9.17) is 4.42 Å². The molecule has 5 heteroatoms. The van der Waals surface area contributed by atoms with Gasteiger partial charge in [-0.1, -0.05) is 6.92 Å². The highest BCUT2D eigenvalue weighted by Gasteiger charge is 2.07. The predicted molar refractivity (Wildman–Crippen MR) is 65.6 cm³/mol. The number of hydrogen-bond acceptors (Lipinski definition) is 4. The largest absolute Gasteiger partial charge is 0.441 e. The molecule has 0 aromatic carbocycles. The summed E-state index contributed by atoms with van der Waals surface area (Å²) in [6.45, 7) is 4.11. The third-order valence-electron chi connectivity index (χ3n) is 2.54. The molecule has 0 aliphatic rings. The molecule has 0 fully saturated rings. The molecule has 0 saturated carbocycles. The lowest BCUT2D eigenvalue weighted by Crippen LogP contribution is -2.14. The van der Waals surface area contributed by atoms with Crippen LogP contribution in [0.5, 0.6) is 0 Å². The molecule has 0 amide bonds. The maximum Gasteiger partial charge on any atom is 0.194 e. The SMILES string of the molecule is CCNCCCc1ncc(-c2cnn(C)c2)o1. The fourth-order valence-corrected chi connectivity index (χ4v) is 1.65. The van der Waals surface area contributed by atoms with Gasteiger partial charge in [0.15, 0.2) is 11.7 Å². The first-order valence-corrected chi connectivity index (χ1v) is 5.94. The van der Waals surface area contributed by atoms with E-state index in [0.717, 1.165) is 43.1 Å². The van der Waals surface area contributed by atoms with Gasteiger partial charge in [0.25, 0.3) is 0 Å². The maximum absolute atomic E-state index is 5.67. The molecule has 2 aromatic heterocycles. The molecule has 92 valence electrons. The van der Waals surface area contributed by atoms with E-state index in [0.29, 0.717) is 0 Å². The lowest BCUT2D eigenvalue weighted by atomic mass is 10.3. The molecule has 0 radical (unpaired) electrons. The standard InChI is InChI=1S/C12H18N4O/c1-3-13-6-4-5-12-14-8-11(17-12)10-7-15-16(2)9-10/h7-9,13H,3-6H2,1-2H3. The Morgan fingerprint density at radius 1 is 1.41 bits per heavy atom. The van der Waals surface area contributed by atoms with Gasteiger partial charge in [0.2, 0.25) is 0 Å². The van der Waals surface area contributed by atoms with Crippen molar-refractivity contribution < 1.29 is 4.42 Å². The fraction of sp³-hybridized carbons (Fsp3) is 0.500. The zero-order chi connectivity index (χ0) is 12.1. The summed E-state index contributed by atoms with van der Waals surface area (Å²) < 4.78 is 7.42. The number of hydrogen-bond donors (Lipinski definition) is 1. The van der Waals surface area contributed by atoms with Crippen molar-refractivity contribution in [3.63, 3.8) is 0 Å². The summed E-state index contributed by atoms with van der Waals surface area (Å²) in [6.07, 6.45) is 7.37. The van der Waals surface area contributed by atoms with Gasteiger partial charge in [0, 0.05) is 19.7 Å². The van der Waals surface area contributed by atoms with E-state index in [9.17, 15) is 0 Å². The van der Waals surface area contributed by atoms with Crippen molar-refractivity contribution in [2.24, 2.45) is 7.05 Å². The number of aromatic nitrogens is 3. The fourth-order valence-electron chi connectivity index (χ4n) is 1.65. The van der Waals surface area contributed by atoms with Crippen molar-refractivity contribution in [1.82, 2.24) is 20.1 Å². The van der Waals surface area contributed by atoms with E-state index in [1.165, 1.54) is 0 Å². The summed E-state index contributed by atoms with van der Waals surface area (Å²) in [4.78, 5) is 4.27. The van der Waals surface area contributed by atoms with Crippen LogP contribution in [0.3, 0.4) is 0 Å². The molecule has 0 aliphatic carbocycles. The molecule has 0 bridgehead atoms. The number of aryl methyl sites for hydroxylation is 2. The molecule has 1 N–H and O–H groups in total. The minimum atomic E-state index is 0.788. The average Bonchev–Trinajstić information content (AvgIpc) is 2.93. The maximum atomic E-state index is 5.67. The van der Waals surface area contributed by atoms with Crippen LogP contribution in [0.2, 0.25) is 0 Å². The van der Waals surface area contributed by atoms with Gasteiger partial charge in [-0.25, -0.2) is 4.98 Å². The van der Waals surface area contributed by atoms with Crippen LogP contribution >= 0.6 is 0 Å². The summed E-state index contributed by atoms with van der Waals surface area (Å²) in [5.41, 5.74) is 0.970. The van der Waals surface area contributed by atoms with Crippen molar-refractivity contribution in [3.8, 4) is 11.3 Å². The first kappa shape index (κ1) is 11.9. The Labute approximate surface area is 101 Å². The molecule has 0 atom stereocenters. The van der Waals surface area contributed by atoms with E-state index in [1.54, 1.807) is 17.1 Å². The molecule has 0 unspecified atom stereocenters. The third kappa shape index (κ3) is 3.17. The van der Waals surface area contributed by atoms with Crippen LogP contribution in [-0.4, -0.2) is 27.9 Å². The molecule has 2 rings (SSSR count). The molecule has 0 spiro atoms. The molecule has 0 aliphatic heterocycles. The smallest absolute Gasteiger partial charge is 0.194 e. The zero-order valence-electron chi connectivity index (χ0n) is 10.3. The molecular formula is C12H18N4O. The first-order valence-electron chi connectivity index (χ1n) is 5.94. The number of nitrogens with one attached hydrogen (secondary N) is 1. The van der Waals surface area contributed by atoms with Gasteiger partial charge in [0.1, 0.15) is 0 Å². The highest BCUT2D eigenvalue weighted by atomic mass is 16.4. The van der Waals surface area contributed by atoms with Crippen LogP contribution in [0.25, 0.3) is 11.3 Å². The van der Waals surface area contributed by atoms with Gasteiger partial charge in [-0.2, -0.15) is 5.10 Å². The summed E-state index contributed by atoms with van der Waals surface area (Å²) in [5, 5.41) is 7.39. The van der Waals surface area contributed by atoms with Crippen LogP contribution in [0, 0.1) is 0 Å². The topological polar surface area (TPSA) is 55.9 Å². The van der Waals surface area contributed by atoms with Crippen LogP contribution in [0.15, 0.2) is 23.0 Å². The van der Waals surface area contributed by atoms with Crippen LogP contribution < -0.4 is 5.32 Å². The van der Waals surface area contributed by atoms with Crippen molar-refractivity contribution in [1.29, 1.82) is 0 Å². The Balaban J connectivity index is 1.92. The highest BCUT2D eigenvalue weighted by Crippen LogP contribution is 2.19. The second-order valence-corrected chi connectivity index (χ2v) is 3.98. The summed E-state index contributed by atoms with van der Waals surface area (Å²) in [6, 6.07) is 0. The lowest BCUT2D eigenvalue weighted by Gasteiger charge is -1.98. The van der Waals surface area contributed by atoms with Crippen LogP contribution in [0.1, 0.15) is 19.2 Å². The minimum absolute atomic E-state index is 0.788. The summed E-state index contributed by atoms with van der Waals surface area (Å²) in [5.74, 6) is 1.58. The number of oxazole rings is 1. The Kier molecular flexibility index (Phi) is 3.93. The van der Waals surface area contributed by atoms with E-state index in [2.05, 4.69) is 22.3 Å². The predicted octanol–water partition coefficient (Wildman–Crippen LogP) is 1.62. The van der Waals surface area contributed by atoms with E-state index >= 15 is 0 Å². The van der Waals surface area contributed by atoms with E-state index in [-0.39, 0.29) is 0 Å². The Bertz CT molecular complexity index is 461. The number of nitrogens with zero attached hydrogens (tertiary/aromatic N) is 3. The van der Waals surface area contributed by atoms with Gasteiger partial charge >= 0.3 is 0 Å². The van der Waals surface area contributed by atoms with Gasteiger partial charge in [0.05, 0.1) is 18.0 Å². The van der Waals surface area contributed by atoms with Gasteiger partial charge in [-0.15, -0.1) is 0 Å². The van der Waals surface area contributed by atoms with E-state index in [1.807, 2.05) is 13.2 Å². The second kappa shape index (κ2) is 5.63. The summed E-state index contributed by atoms with van der Waals surface area (Å²) >= 11 is 0. The Morgan fingerprint density at radius 3 is 3.00 bits per heavy atom. The third-order valence-corrected chi connectivity index (χ3v) is 2.54. The van der Waals surface area contributed by atoms with E-state index < -0.39 is 0 Å². The van der Waals surface area contributed by atoms with Crippen molar-refractivity contribution in [2.45, 2.75) is 19.8 Å². The van der Waals surface area contributed by atoms with Gasteiger partial charge < -0.3 is 9.73 Å². The molecule has 2 aromatic rings. The van der Waals surface area contributed by atoms with Crippen molar-refractivity contribution in [2.75, 3.05) is 13.1 Å². The Morgan fingerprint density at radius 2 is 2.29 bits per heavy atom. The molecule has 5 nitrogen and oxygen atoms in total. The molecule has 17 heavy (non-hydrogen) atoms. The highest BCUT2D eigenvalue weighted by molar-refractivity contribution is 5.53. The molecule has 2 heterocycles. The first-order chi connectivity index (χ1) is 8.29. The van der Waals surface area contributed by atoms with Crippen molar-refractivity contribution >= 4 is 0 Å². The number of rotatable bonds is 6. The van der Waals surface area contributed by atoms with Crippen LogP contribution in [0.4, 0.5) is 0 Å². The second-order valence-electron chi connectivity index (χ2n) is 3.98.